The van der Waals surface area contributed by atoms with E-state index in [0.717, 1.165) is 0 Å². The summed E-state index contributed by atoms with van der Waals surface area (Å²) in [4.78, 5) is 22.7. The Labute approximate surface area is 110 Å². The van der Waals surface area contributed by atoms with Crippen LogP contribution in [0.25, 0.3) is 0 Å². The van der Waals surface area contributed by atoms with E-state index in [0.29, 0.717) is 0 Å². The number of carbonyl (C=O) groups excluding carboxylic acids is 1. The molecule has 7 nitrogen and oxygen atoms in total. The monoisotopic (exact) mass is 283 g/mol. The predicted molar refractivity (Wildman–Crippen MR) is 63.7 cm³/mol. The maximum Gasteiger partial charge on any atom is 0.419 e. The number of halogens is 1. The first-order valence-electron chi connectivity index (χ1n) is 5.24. The van der Waals surface area contributed by atoms with Gasteiger partial charge in [0.2, 0.25) is 0 Å². The minimum atomic E-state index is -1.58. The van der Waals surface area contributed by atoms with Gasteiger partial charge >= 0.3 is 12.2 Å². The first-order valence-corrected chi connectivity index (χ1v) is 5.77. The Balaban J connectivity index is 4.68. The van der Waals surface area contributed by atoms with Gasteiger partial charge in [-0.15, -0.1) is 11.6 Å². The molecule has 0 aliphatic rings. The van der Waals surface area contributed by atoms with Crippen molar-refractivity contribution in [2.24, 2.45) is 0 Å². The molecule has 8 heteroatoms. The Morgan fingerprint density at radius 1 is 1.28 bits per heavy atom. The van der Waals surface area contributed by atoms with Crippen LogP contribution in [0.4, 0.5) is 9.59 Å². The van der Waals surface area contributed by atoms with Crippen LogP contribution in [-0.4, -0.2) is 62.6 Å². The first-order chi connectivity index (χ1) is 8.08. The lowest BCUT2D eigenvalue weighted by atomic mass is 10.2. The highest BCUT2D eigenvalue weighted by atomic mass is 35.5. The van der Waals surface area contributed by atoms with Crippen molar-refractivity contribution in [2.45, 2.75) is 38.6 Å². The molecule has 0 aromatic rings. The van der Waals surface area contributed by atoms with E-state index in [9.17, 15) is 19.8 Å². The van der Waals surface area contributed by atoms with Crippen LogP contribution >= 0.6 is 11.6 Å². The standard InChI is InChI=1S/C10H18ClNO6/c1-10(2,3)18-9(17)12(8(15)16)5-7(14)6(13)4-11/h6-7,13-14H,4-5H2,1-3H3,(H,15,16). The van der Waals surface area contributed by atoms with Gasteiger partial charge in [-0.05, 0) is 20.8 Å². The van der Waals surface area contributed by atoms with E-state index in [-0.39, 0.29) is 10.8 Å². The molecule has 2 amide bonds. The molecule has 0 fully saturated rings. The summed E-state index contributed by atoms with van der Waals surface area (Å²) in [6.45, 7) is 4.12. The number of carboxylic acid groups (broad SMARTS) is 1. The Morgan fingerprint density at radius 3 is 2.11 bits per heavy atom. The third-order valence-corrected chi connectivity index (χ3v) is 2.13. The Morgan fingerprint density at radius 2 is 1.78 bits per heavy atom. The quantitative estimate of drug-likeness (QED) is 0.661. The molecule has 18 heavy (non-hydrogen) atoms. The highest BCUT2D eigenvalue weighted by Gasteiger charge is 2.30. The molecule has 0 rings (SSSR count). The SMILES string of the molecule is CC(C)(C)OC(=O)N(CC(O)C(O)CCl)C(=O)O. The number of nitrogens with zero attached hydrogens (tertiary/aromatic N) is 1. The van der Waals surface area contributed by atoms with Crippen molar-refractivity contribution in [3.8, 4) is 0 Å². The van der Waals surface area contributed by atoms with Crippen molar-refractivity contribution in [3.63, 3.8) is 0 Å². The molecule has 0 aliphatic heterocycles. The smallest absolute Gasteiger partial charge is 0.419 e. The van der Waals surface area contributed by atoms with E-state index in [2.05, 4.69) is 0 Å². The Hall–Kier alpha value is -1.05. The highest BCUT2D eigenvalue weighted by Crippen LogP contribution is 2.11. The van der Waals surface area contributed by atoms with Crippen LogP contribution in [0.15, 0.2) is 0 Å². The molecule has 0 bridgehead atoms. The summed E-state index contributed by atoms with van der Waals surface area (Å²) in [6, 6.07) is 0. The maximum atomic E-state index is 11.5. The maximum absolute atomic E-state index is 11.5. The molecule has 0 aromatic heterocycles. The summed E-state index contributed by atoms with van der Waals surface area (Å²) in [6.07, 6.45) is -5.48. The predicted octanol–water partition coefficient (Wildman–Crippen LogP) is 0.862. The van der Waals surface area contributed by atoms with Crippen molar-refractivity contribution in [1.82, 2.24) is 4.90 Å². The number of imide groups is 1. The van der Waals surface area contributed by atoms with Crippen molar-refractivity contribution < 1.29 is 29.6 Å². The van der Waals surface area contributed by atoms with Crippen molar-refractivity contribution in [2.75, 3.05) is 12.4 Å². The fraction of sp³-hybridized carbons (Fsp3) is 0.800. The van der Waals surface area contributed by atoms with Gasteiger partial charge < -0.3 is 20.1 Å². The van der Waals surface area contributed by atoms with Crippen LogP contribution in [0, 0.1) is 0 Å². The minimum Gasteiger partial charge on any atom is -0.465 e. The van der Waals surface area contributed by atoms with E-state index >= 15 is 0 Å². The number of hydrogen-bond donors (Lipinski definition) is 3. The second-order valence-corrected chi connectivity index (χ2v) is 4.97. The molecule has 3 N–H and O–H groups in total. The minimum absolute atomic E-state index is 0.275. The van der Waals surface area contributed by atoms with Gasteiger partial charge in [-0.3, -0.25) is 0 Å². The molecule has 0 saturated heterocycles. The number of carbonyl (C=O) groups is 2. The van der Waals surface area contributed by atoms with Gasteiger partial charge in [0.05, 0.1) is 24.6 Å². The zero-order chi connectivity index (χ0) is 14.5. The lowest BCUT2D eigenvalue weighted by molar-refractivity contribution is -0.00630. The van der Waals surface area contributed by atoms with Crippen molar-refractivity contribution in [3.05, 3.63) is 0 Å². The van der Waals surface area contributed by atoms with E-state index in [1.807, 2.05) is 0 Å². The summed E-state index contributed by atoms with van der Waals surface area (Å²) in [5.74, 6) is -0.275. The summed E-state index contributed by atoms with van der Waals surface area (Å²) in [5.41, 5.74) is -0.860. The normalized spacial score (nSPS) is 14.8. The molecule has 0 heterocycles. The first kappa shape index (κ1) is 16.9. The van der Waals surface area contributed by atoms with Crippen LogP contribution in [-0.2, 0) is 4.74 Å². The number of amides is 2. The highest BCUT2D eigenvalue weighted by molar-refractivity contribution is 6.18. The van der Waals surface area contributed by atoms with Crippen LogP contribution in [0.5, 0.6) is 0 Å². The third kappa shape index (κ3) is 6.04. The van der Waals surface area contributed by atoms with Gasteiger partial charge in [0.15, 0.2) is 0 Å². The molecule has 2 unspecified atom stereocenters. The van der Waals surface area contributed by atoms with Gasteiger partial charge in [-0.2, -0.15) is 0 Å². The molecular weight excluding hydrogens is 266 g/mol. The van der Waals surface area contributed by atoms with Crippen LogP contribution in [0.2, 0.25) is 0 Å². The second kappa shape index (κ2) is 6.77. The average Bonchev–Trinajstić information content (AvgIpc) is 2.21. The summed E-state index contributed by atoms with van der Waals surface area (Å²) < 4.78 is 4.86. The summed E-state index contributed by atoms with van der Waals surface area (Å²) in [7, 11) is 0. The summed E-state index contributed by atoms with van der Waals surface area (Å²) in [5, 5.41) is 27.5. The van der Waals surface area contributed by atoms with E-state index < -0.39 is 36.5 Å². The number of aliphatic hydroxyl groups excluding tert-OH is 2. The Kier molecular flexibility index (Phi) is 6.37. The molecule has 0 spiro atoms. The lowest BCUT2D eigenvalue weighted by Crippen LogP contribution is -2.47. The number of ether oxygens (including phenoxy) is 1. The largest absolute Gasteiger partial charge is 0.465 e. The average molecular weight is 284 g/mol. The van der Waals surface area contributed by atoms with E-state index in [1.165, 1.54) is 0 Å². The molecular formula is C10H18ClNO6. The van der Waals surface area contributed by atoms with Gasteiger partial charge in [0, 0.05) is 0 Å². The van der Waals surface area contributed by atoms with Crippen LogP contribution < -0.4 is 0 Å². The van der Waals surface area contributed by atoms with Gasteiger partial charge in [-0.1, -0.05) is 0 Å². The molecule has 0 aliphatic carbocycles. The summed E-state index contributed by atoms with van der Waals surface area (Å²) >= 11 is 5.30. The number of hydrogen-bond acceptors (Lipinski definition) is 5. The van der Waals surface area contributed by atoms with Gasteiger partial charge in [0.25, 0.3) is 0 Å². The van der Waals surface area contributed by atoms with Gasteiger partial charge in [-0.25, -0.2) is 14.5 Å². The third-order valence-electron chi connectivity index (χ3n) is 1.82. The second-order valence-electron chi connectivity index (χ2n) is 4.66. The lowest BCUT2D eigenvalue weighted by Gasteiger charge is -2.26. The van der Waals surface area contributed by atoms with Crippen LogP contribution in [0.1, 0.15) is 20.8 Å². The Bertz CT molecular complexity index is 303. The molecule has 0 aromatic carbocycles. The van der Waals surface area contributed by atoms with Crippen LogP contribution in [0.3, 0.4) is 0 Å². The number of alkyl halides is 1. The number of rotatable bonds is 4. The molecule has 0 saturated carbocycles. The van der Waals surface area contributed by atoms with E-state index in [1.54, 1.807) is 20.8 Å². The zero-order valence-electron chi connectivity index (χ0n) is 10.5. The topological polar surface area (TPSA) is 107 Å². The van der Waals surface area contributed by atoms with Crippen molar-refractivity contribution >= 4 is 23.8 Å². The molecule has 2 atom stereocenters. The number of aliphatic hydroxyl groups is 2. The van der Waals surface area contributed by atoms with E-state index in [4.69, 9.17) is 21.4 Å². The molecule has 0 radical (unpaired) electrons. The van der Waals surface area contributed by atoms with Crippen molar-refractivity contribution in [1.29, 1.82) is 0 Å². The fourth-order valence-electron chi connectivity index (χ4n) is 0.959. The fourth-order valence-corrected chi connectivity index (χ4v) is 1.16. The zero-order valence-corrected chi connectivity index (χ0v) is 11.2. The molecule has 106 valence electrons. The van der Waals surface area contributed by atoms with Gasteiger partial charge in [0.1, 0.15) is 5.60 Å².